The van der Waals surface area contributed by atoms with Gasteiger partial charge in [0.1, 0.15) is 5.75 Å². The first-order valence-electron chi connectivity index (χ1n) is 9.80. The second-order valence-electron chi connectivity index (χ2n) is 7.74. The first kappa shape index (κ1) is 20.7. The number of benzene rings is 1. The maximum absolute atomic E-state index is 12.4. The minimum absolute atomic E-state index is 0.124. The SMILES string of the molecule is COc1ccccc1CCC(=O)NCC(CC(C)C)N1CCN(C)CC1. The number of para-hydroxylation sites is 1. The van der Waals surface area contributed by atoms with Crippen LogP contribution in [0.15, 0.2) is 24.3 Å². The number of likely N-dealkylation sites (N-methyl/N-ethyl adjacent to an activating group) is 1. The molecule has 1 aromatic rings. The Morgan fingerprint density at radius 3 is 2.54 bits per heavy atom. The van der Waals surface area contributed by atoms with Gasteiger partial charge in [0.15, 0.2) is 0 Å². The van der Waals surface area contributed by atoms with Gasteiger partial charge >= 0.3 is 0 Å². The highest BCUT2D eigenvalue weighted by Crippen LogP contribution is 2.19. The number of ether oxygens (including phenoxy) is 1. The van der Waals surface area contributed by atoms with Gasteiger partial charge in [0.05, 0.1) is 7.11 Å². The average Bonchev–Trinajstić information content (AvgIpc) is 2.64. The summed E-state index contributed by atoms with van der Waals surface area (Å²) in [6.07, 6.45) is 2.33. The summed E-state index contributed by atoms with van der Waals surface area (Å²) >= 11 is 0. The van der Waals surface area contributed by atoms with Crippen molar-refractivity contribution in [3.63, 3.8) is 0 Å². The van der Waals surface area contributed by atoms with Crippen LogP contribution in [0.3, 0.4) is 0 Å². The van der Waals surface area contributed by atoms with Crippen molar-refractivity contribution < 1.29 is 9.53 Å². The van der Waals surface area contributed by atoms with Crippen molar-refractivity contribution in [3.8, 4) is 5.75 Å². The van der Waals surface area contributed by atoms with Gasteiger partial charge in [-0.3, -0.25) is 9.69 Å². The van der Waals surface area contributed by atoms with Crippen LogP contribution in [-0.4, -0.2) is 68.6 Å². The molecule has 1 atom stereocenters. The van der Waals surface area contributed by atoms with E-state index in [1.165, 1.54) is 0 Å². The highest BCUT2D eigenvalue weighted by Gasteiger charge is 2.23. The Labute approximate surface area is 158 Å². The zero-order valence-electron chi connectivity index (χ0n) is 16.8. The Bertz CT molecular complexity index is 554. The van der Waals surface area contributed by atoms with Gasteiger partial charge in [0, 0.05) is 45.2 Å². The topological polar surface area (TPSA) is 44.8 Å². The number of aryl methyl sites for hydroxylation is 1. The lowest BCUT2D eigenvalue weighted by atomic mass is 10.0. The summed E-state index contributed by atoms with van der Waals surface area (Å²) in [4.78, 5) is 17.3. The van der Waals surface area contributed by atoms with E-state index >= 15 is 0 Å². The molecule has 1 aliphatic rings. The van der Waals surface area contributed by atoms with E-state index in [0.29, 0.717) is 24.8 Å². The Balaban J connectivity index is 1.82. The molecule has 146 valence electrons. The van der Waals surface area contributed by atoms with Crippen LogP contribution < -0.4 is 10.1 Å². The van der Waals surface area contributed by atoms with Gasteiger partial charge in [0.2, 0.25) is 5.91 Å². The first-order chi connectivity index (χ1) is 12.5. The lowest BCUT2D eigenvalue weighted by molar-refractivity contribution is -0.121. The van der Waals surface area contributed by atoms with E-state index in [1.54, 1.807) is 7.11 Å². The smallest absolute Gasteiger partial charge is 0.220 e. The van der Waals surface area contributed by atoms with Crippen molar-refractivity contribution in [2.24, 2.45) is 5.92 Å². The molecule has 1 unspecified atom stereocenters. The van der Waals surface area contributed by atoms with Crippen molar-refractivity contribution in [1.82, 2.24) is 15.1 Å². The van der Waals surface area contributed by atoms with Crippen LogP contribution in [0.5, 0.6) is 5.75 Å². The van der Waals surface area contributed by atoms with Gasteiger partial charge in [-0.25, -0.2) is 0 Å². The van der Waals surface area contributed by atoms with Crippen LogP contribution in [0.25, 0.3) is 0 Å². The number of amides is 1. The van der Waals surface area contributed by atoms with Crippen LogP contribution in [0.2, 0.25) is 0 Å². The molecule has 0 saturated carbocycles. The molecule has 0 radical (unpaired) electrons. The van der Waals surface area contributed by atoms with E-state index in [2.05, 4.69) is 36.0 Å². The Hall–Kier alpha value is -1.59. The molecule has 2 rings (SSSR count). The maximum atomic E-state index is 12.4. The summed E-state index contributed by atoms with van der Waals surface area (Å²) < 4.78 is 5.37. The van der Waals surface area contributed by atoms with E-state index in [1.807, 2.05) is 24.3 Å². The van der Waals surface area contributed by atoms with Gasteiger partial charge in [0.25, 0.3) is 0 Å². The lowest BCUT2D eigenvalue weighted by Crippen LogP contribution is -2.52. The Kier molecular flexibility index (Phi) is 8.39. The summed E-state index contributed by atoms with van der Waals surface area (Å²) in [5.41, 5.74) is 1.09. The van der Waals surface area contributed by atoms with Crippen molar-refractivity contribution in [1.29, 1.82) is 0 Å². The predicted octanol–water partition coefficient (Wildman–Crippen LogP) is 2.41. The van der Waals surface area contributed by atoms with E-state index < -0.39 is 0 Å². The van der Waals surface area contributed by atoms with Crippen molar-refractivity contribution in [3.05, 3.63) is 29.8 Å². The molecule has 1 heterocycles. The molecule has 26 heavy (non-hydrogen) atoms. The fourth-order valence-electron chi connectivity index (χ4n) is 3.57. The molecule has 1 saturated heterocycles. The third-order valence-corrected chi connectivity index (χ3v) is 5.15. The molecule has 5 nitrogen and oxygen atoms in total. The van der Waals surface area contributed by atoms with Gasteiger partial charge in [-0.05, 0) is 37.4 Å². The third kappa shape index (κ3) is 6.61. The molecule has 5 heteroatoms. The summed E-state index contributed by atoms with van der Waals surface area (Å²) in [5, 5.41) is 3.17. The van der Waals surface area contributed by atoms with Gasteiger partial charge in [-0.1, -0.05) is 32.0 Å². The van der Waals surface area contributed by atoms with Crippen LogP contribution in [0.1, 0.15) is 32.3 Å². The summed E-state index contributed by atoms with van der Waals surface area (Å²) in [5.74, 6) is 1.61. The maximum Gasteiger partial charge on any atom is 0.220 e. The van der Waals surface area contributed by atoms with Crippen molar-refractivity contribution in [2.75, 3.05) is 46.9 Å². The monoisotopic (exact) mass is 361 g/mol. The molecule has 1 aliphatic heterocycles. The normalized spacial score (nSPS) is 17.3. The molecule has 1 N–H and O–H groups in total. The largest absolute Gasteiger partial charge is 0.496 e. The quantitative estimate of drug-likeness (QED) is 0.734. The number of carbonyl (C=O) groups excluding carboxylic acids is 1. The van der Waals surface area contributed by atoms with E-state index in [4.69, 9.17) is 4.74 Å². The Morgan fingerprint density at radius 2 is 1.88 bits per heavy atom. The molecule has 0 spiro atoms. The summed E-state index contributed by atoms with van der Waals surface area (Å²) in [6.45, 7) is 9.65. The van der Waals surface area contributed by atoms with Crippen LogP contribution in [0, 0.1) is 5.92 Å². The molecule has 1 fully saturated rings. The van der Waals surface area contributed by atoms with E-state index in [9.17, 15) is 4.79 Å². The fraction of sp³-hybridized carbons (Fsp3) is 0.667. The van der Waals surface area contributed by atoms with Gasteiger partial charge < -0.3 is 15.0 Å². The number of rotatable bonds is 9. The van der Waals surface area contributed by atoms with Crippen LogP contribution >= 0.6 is 0 Å². The van der Waals surface area contributed by atoms with Gasteiger partial charge in [-0.2, -0.15) is 0 Å². The van der Waals surface area contributed by atoms with Gasteiger partial charge in [-0.15, -0.1) is 0 Å². The molecule has 0 bridgehead atoms. The molecule has 1 aromatic carbocycles. The second kappa shape index (κ2) is 10.5. The molecular weight excluding hydrogens is 326 g/mol. The van der Waals surface area contributed by atoms with Crippen molar-refractivity contribution in [2.45, 2.75) is 39.2 Å². The minimum Gasteiger partial charge on any atom is -0.496 e. The van der Waals surface area contributed by atoms with Crippen LogP contribution in [0.4, 0.5) is 0 Å². The number of hydrogen-bond donors (Lipinski definition) is 1. The molecule has 0 aromatic heterocycles. The predicted molar refractivity (Wildman–Crippen MR) is 107 cm³/mol. The Morgan fingerprint density at radius 1 is 1.19 bits per heavy atom. The van der Waals surface area contributed by atoms with Crippen LogP contribution in [-0.2, 0) is 11.2 Å². The van der Waals surface area contributed by atoms with E-state index in [0.717, 1.165) is 50.5 Å². The average molecular weight is 362 g/mol. The molecule has 1 amide bonds. The number of carbonyl (C=O) groups is 1. The lowest BCUT2D eigenvalue weighted by Gasteiger charge is -2.38. The zero-order chi connectivity index (χ0) is 18.9. The third-order valence-electron chi connectivity index (χ3n) is 5.15. The number of nitrogens with zero attached hydrogens (tertiary/aromatic N) is 2. The first-order valence-corrected chi connectivity index (χ1v) is 9.80. The standard InChI is InChI=1S/C21H35N3O2/c1-17(2)15-19(24-13-11-23(3)12-14-24)16-22-21(25)10-9-18-7-5-6-8-20(18)26-4/h5-8,17,19H,9-16H2,1-4H3,(H,22,25). The minimum atomic E-state index is 0.124. The number of nitrogens with one attached hydrogen (secondary N) is 1. The molecule has 0 aliphatic carbocycles. The highest BCUT2D eigenvalue weighted by atomic mass is 16.5. The summed E-state index contributed by atoms with van der Waals surface area (Å²) in [7, 11) is 3.85. The molecular formula is C21H35N3O2. The number of piperazine rings is 1. The number of methoxy groups -OCH3 is 1. The fourth-order valence-corrected chi connectivity index (χ4v) is 3.57. The highest BCUT2D eigenvalue weighted by molar-refractivity contribution is 5.76. The second-order valence-corrected chi connectivity index (χ2v) is 7.74. The van der Waals surface area contributed by atoms with Crippen molar-refractivity contribution >= 4 is 5.91 Å². The number of hydrogen-bond acceptors (Lipinski definition) is 4. The zero-order valence-corrected chi connectivity index (χ0v) is 16.8. The summed E-state index contributed by atoms with van der Waals surface area (Å²) in [6, 6.07) is 8.34. The van der Waals surface area contributed by atoms with E-state index in [-0.39, 0.29) is 5.91 Å².